The molecule has 6 atom stereocenters. The zero-order valence-corrected chi connectivity index (χ0v) is 28.9. The van der Waals surface area contributed by atoms with Gasteiger partial charge in [-0.2, -0.15) is 0 Å². The second-order valence-electron chi connectivity index (χ2n) is 15.9. The van der Waals surface area contributed by atoms with Gasteiger partial charge >= 0.3 is 11.9 Å². The second-order valence-corrected chi connectivity index (χ2v) is 15.9. The summed E-state index contributed by atoms with van der Waals surface area (Å²) in [7, 11) is 0. The SMILES string of the molecule is CC(CCCCCCCCC(=O)OC1CCC2CCCCC2C1)CCCCCCCCC(=O)OC1CCC2CCCCC2C1. The van der Waals surface area contributed by atoms with Crippen LogP contribution in [0.1, 0.15) is 200 Å². The minimum atomic E-state index is 0.0597. The predicted molar refractivity (Wildman–Crippen MR) is 181 cm³/mol. The Labute approximate surface area is 271 Å². The van der Waals surface area contributed by atoms with Crippen LogP contribution in [-0.4, -0.2) is 24.1 Å². The molecule has 4 saturated carbocycles. The molecule has 254 valence electrons. The molecule has 4 aliphatic carbocycles. The van der Waals surface area contributed by atoms with E-state index in [1.165, 1.54) is 141 Å². The van der Waals surface area contributed by atoms with Gasteiger partial charge in [0.1, 0.15) is 12.2 Å². The van der Waals surface area contributed by atoms with Gasteiger partial charge in [0.2, 0.25) is 0 Å². The minimum absolute atomic E-state index is 0.0597. The topological polar surface area (TPSA) is 52.6 Å². The number of ether oxygens (including phenoxy) is 2. The summed E-state index contributed by atoms with van der Waals surface area (Å²) in [5.41, 5.74) is 0. The fourth-order valence-electron chi connectivity index (χ4n) is 9.45. The highest BCUT2D eigenvalue weighted by atomic mass is 16.5. The van der Waals surface area contributed by atoms with Crippen LogP contribution in [0, 0.1) is 29.6 Å². The number of unbranched alkanes of at least 4 members (excludes halogenated alkanes) is 10. The monoisotopic (exact) mass is 615 g/mol. The summed E-state index contributed by atoms with van der Waals surface area (Å²) < 4.78 is 11.7. The first kappa shape index (κ1) is 35.8. The maximum Gasteiger partial charge on any atom is 0.306 e. The Hall–Kier alpha value is -1.06. The molecule has 0 amide bonds. The molecule has 0 aliphatic heterocycles. The Morgan fingerprint density at radius 1 is 0.477 bits per heavy atom. The number of carbonyl (C=O) groups is 2. The first-order valence-corrected chi connectivity index (χ1v) is 20.0. The molecule has 4 aliphatic rings. The predicted octanol–water partition coefficient (Wildman–Crippen LogP) is 11.7. The van der Waals surface area contributed by atoms with Gasteiger partial charge in [0.05, 0.1) is 0 Å². The van der Waals surface area contributed by atoms with Gasteiger partial charge in [0, 0.05) is 12.8 Å². The molecule has 0 N–H and O–H groups in total. The molecule has 4 fully saturated rings. The van der Waals surface area contributed by atoms with Crippen molar-refractivity contribution in [2.75, 3.05) is 0 Å². The van der Waals surface area contributed by atoms with Crippen molar-refractivity contribution < 1.29 is 19.1 Å². The lowest BCUT2D eigenvalue weighted by atomic mass is 9.70. The van der Waals surface area contributed by atoms with E-state index in [0.717, 1.165) is 68.1 Å². The molecule has 0 radical (unpaired) electrons. The molecule has 44 heavy (non-hydrogen) atoms. The number of hydrogen-bond acceptors (Lipinski definition) is 4. The van der Waals surface area contributed by atoms with Gasteiger partial charge in [-0.3, -0.25) is 9.59 Å². The number of esters is 2. The quantitative estimate of drug-likeness (QED) is 0.101. The summed E-state index contributed by atoms with van der Waals surface area (Å²) in [4.78, 5) is 24.7. The summed E-state index contributed by atoms with van der Waals surface area (Å²) in [6, 6.07) is 0. The first-order valence-electron chi connectivity index (χ1n) is 20.0. The number of rotatable bonds is 20. The van der Waals surface area contributed by atoms with Crippen molar-refractivity contribution in [1.29, 1.82) is 0 Å². The Bertz CT molecular complexity index is 730. The number of hydrogen-bond donors (Lipinski definition) is 0. The van der Waals surface area contributed by atoms with E-state index in [2.05, 4.69) is 6.92 Å². The third-order valence-electron chi connectivity index (χ3n) is 12.2. The standard InChI is InChI=1S/C40H70O4/c1-32(18-10-6-2-4-8-12-24-39(41)43-37-28-26-33-20-14-16-22-35(33)30-37)19-11-7-3-5-9-13-25-40(42)44-38-29-27-34-21-15-17-23-36(34)31-38/h32-38H,2-31H2,1H3. The molecule has 0 aromatic carbocycles. The Morgan fingerprint density at radius 3 is 1.27 bits per heavy atom. The fourth-order valence-corrected chi connectivity index (χ4v) is 9.45. The average Bonchev–Trinajstić information content (AvgIpc) is 3.03. The third kappa shape index (κ3) is 13.7. The second kappa shape index (κ2) is 20.9. The maximum absolute atomic E-state index is 12.3. The van der Waals surface area contributed by atoms with Crippen molar-refractivity contribution in [3.63, 3.8) is 0 Å². The number of carbonyl (C=O) groups excluding carboxylic acids is 2. The molecule has 0 spiro atoms. The molecule has 0 saturated heterocycles. The molecule has 6 unspecified atom stereocenters. The Balaban J connectivity index is 0.864. The van der Waals surface area contributed by atoms with E-state index in [9.17, 15) is 9.59 Å². The average molecular weight is 615 g/mol. The van der Waals surface area contributed by atoms with Crippen molar-refractivity contribution in [3.05, 3.63) is 0 Å². The molecule has 4 nitrogen and oxygen atoms in total. The molecule has 4 heteroatoms. The summed E-state index contributed by atoms with van der Waals surface area (Å²) in [6.07, 6.45) is 37.4. The Kier molecular flexibility index (Phi) is 17.0. The van der Waals surface area contributed by atoms with Gasteiger partial charge in [-0.15, -0.1) is 0 Å². The normalized spacial score (nSPS) is 29.3. The van der Waals surface area contributed by atoms with Crippen molar-refractivity contribution >= 4 is 11.9 Å². The van der Waals surface area contributed by atoms with Crippen LogP contribution in [-0.2, 0) is 19.1 Å². The highest BCUT2D eigenvalue weighted by molar-refractivity contribution is 5.69. The van der Waals surface area contributed by atoms with Crippen LogP contribution in [0.15, 0.2) is 0 Å². The summed E-state index contributed by atoms with van der Waals surface area (Å²) in [5, 5.41) is 0. The van der Waals surface area contributed by atoms with E-state index in [-0.39, 0.29) is 24.1 Å². The highest BCUT2D eigenvalue weighted by Crippen LogP contribution is 2.42. The zero-order chi connectivity index (χ0) is 30.8. The zero-order valence-electron chi connectivity index (χ0n) is 28.9. The smallest absolute Gasteiger partial charge is 0.306 e. The third-order valence-corrected chi connectivity index (χ3v) is 12.2. The maximum atomic E-state index is 12.3. The van der Waals surface area contributed by atoms with E-state index < -0.39 is 0 Å². The van der Waals surface area contributed by atoms with Gasteiger partial charge in [-0.25, -0.2) is 0 Å². The largest absolute Gasteiger partial charge is 0.462 e. The lowest BCUT2D eigenvalue weighted by Gasteiger charge is -2.38. The van der Waals surface area contributed by atoms with Gasteiger partial charge in [0.15, 0.2) is 0 Å². The van der Waals surface area contributed by atoms with Crippen LogP contribution < -0.4 is 0 Å². The molecule has 0 aromatic heterocycles. The van der Waals surface area contributed by atoms with Crippen molar-refractivity contribution in [2.24, 2.45) is 29.6 Å². The minimum Gasteiger partial charge on any atom is -0.462 e. The van der Waals surface area contributed by atoms with Crippen LogP contribution in [0.4, 0.5) is 0 Å². The van der Waals surface area contributed by atoms with Crippen LogP contribution in [0.5, 0.6) is 0 Å². The Morgan fingerprint density at radius 2 is 0.841 bits per heavy atom. The molecular weight excluding hydrogens is 544 g/mol. The first-order chi connectivity index (χ1) is 21.6. The lowest BCUT2D eigenvalue weighted by Crippen LogP contribution is -2.32. The molecular formula is C40H70O4. The van der Waals surface area contributed by atoms with Crippen LogP contribution in [0.2, 0.25) is 0 Å². The molecule has 0 aromatic rings. The van der Waals surface area contributed by atoms with E-state index in [4.69, 9.17) is 9.47 Å². The van der Waals surface area contributed by atoms with Gasteiger partial charge in [0.25, 0.3) is 0 Å². The van der Waals surface area contributed by atoms with Crippen LogP contribution in [0.25, 0.3) is 0 Å². The highest BCUT2D eigenvalue weighted by Gasteiger charge is 2.34. The van der Waals surface area contributed by atoms with E-state index in [1.54, 1.807) is 0 Å². The van der Waals surface area contributed by atoms with E-state index in [1.807, 2.05) is 0 Å². The van der Waals surface area contributed by atoms with Crippen molar-refractivity contribution in [3.8, 4) is 0 Å². The summed E-state index contributed by atoms with van der Waals surface area (Å²) >= 11 is 0. The number of fused-ring (bicyclic) bond motifs is 2. The van der Waals surface area contributed by atoms with Crippen LogP contribution in [0.3, 0.4) is 0 Å². The van der Waals surface area contributed by atoms with E-state index in [0.29, 0.717) is 12.8 Å². The van der Waals surface area contributed by atoms with Crippen LogP contribution >= 0.6 is 0 Å². The fraction of sp³-hybridized carbons (Fsp3) is 0.950. The van der Waals surface area contributed by atoms with E-state index >= 15 is 0 Å². The summed E-state index contributed by atoms with van der Waals surface area (Å²) in [5.74, 6) is 4.45. The molecule has 0 bridgehead atoms. The molecule has 0 heterocycles. The van der Waals surface area contributed by atoms with Crippen molar-refractivity contribution in [2.45, 2.75) is 212 Å². The van der Waals surface area contributed by atoms with Gasteiger partial charge in [-0.1, -0.05) is 135 Å². The van der Waals surface area contributed by atoms with Crippen molar-refractivity contribution in [1.82, 2.24) is 0 Å². The van der Waals surface area contributed by atoms with Gasteiger partial charge in [-0.05, 0) is 81.0 Å². The molecule has 4 rings (SSSR count). The van der Waals surface area contributed by atoms with Gasteiger partial charge < -0.3 is 9.47 Å². The lowest BCUT2D eigenvalue weighted by molar-refractivity contribution is -0.153. The summed E-state index contributed by atoms with van der Waals surface area (Å²) in [6.45, 7) is 2.43.